The summed E-state index contributed by atoms with van der Waals surface area (Å²) in [5, 5.41) is 12.6. The Morgan fingerprint density at radius 2 is 1.66 bits per heavy atom. The van der Waals surface area contributed by atoms with Crippen molar-refractivity contribution in [3.05, 3.63) is 98.6 Å². The molecule has 3 aliphatic rings. The molecule has 3 aromatic carbocycles. The van der Waals surface area contributed by atoms with E-state index in [0.717, 1.165) is 88.0 Å². The fourth-order valence-corrected chi connectivity index (χ4v) is 8.75. The number of benzene rings is 3. The first-order valence-electron chi connectivity index (χ1n) is 18.4. The van der Waals surface area contributed by atoms with Crippen molar-refractivity contribution >= 4 is 44.5 Å². The van der Waals surface area contributed by atoms with Crippen molar-refractivity contribution in [1.29, 1.82) is 0 Å². The Morgan fingerprint density at radius 3 is 2.30 bits per heavy atom. The van der Waals surface area contributed by atoms with E-state index in [0.29, 0.717) is 0 Å². The largest absolute Gasteiger partial charge is 0.487 e. The monoisotopic (exact) mass is 764 g/mol. The number of piperazine rings is 1. The highest BCUT2D eigenvalue weighted by molar-refractivity contribution is 7.90. The van der Waals surface area contributed by atoms with E-state index in [9.17, 15) is 23.3 Å². The Morgan fingerprint density at radius 1 is 0.981 bits per heavy atom. The van der Waals surface area contributed by atoms with Crippen LogP contribution in [0.2, 0.25) is 5.02 Å². The molecule has 0 radical (unpaired) electrons. The van der Waals surface area contributed by atoms with Crippen LogP contribution >= 0.6 is 11.6 Å². The Balaban J connectivity index is 1.04. The van der Waals surface area contributed by atoms with Gasteiger partial charge in [-0.05, 0) is 116 Å². The number of sulfonamides is 1. The number of hydrogen-bond donors (Lipinski definition) is 1. The number of hydrogen-bond acceptors (Lipinski definition) is 9. The van der Waals surface area contributed by atoms with E-state index in [1.54, 1.807) is 19.2 Å². The average molecular weight is 765 g/mol. The maximum atomic E-state index is 13.2. The molecular weight excluding hydrogens is 716 g/mol. The normalized spacial score (nSPS) is 20.9. The number of rotatable bonds is 12. The molecule has 13 heteroatoms. The van der Waals surface area contributed by atoms with E-state index < -0.39 is 31.4 Å². The summed E-state index contributed by atoms with van der Waals surface area (Å²) in [6.45, 7) is 9.33. The molecule has 1 saturated heterocycles. The van der Waals surface area contributed by atoms with Crippen LogP contribution in [-0.4, -0.2) is 76.7 Å². The van der Waals surface area contributed by atoms with Gasteiger partial charge in [-0.25, -0.2) is 13.1 Å². The van der Waals surface area contributed by atoms with E-state index in [4.69, 9.17) is 21.1 Å². The predicted octanol–water partition coefficient (Wildman–Crippen LogP) is 7.74. The third-order valence-electron chi connectivity index (χ3n) is 10.9. The Labute approximate surface area is 317 Å². The fraction of sp³-hybridized carbons (Fsp3) is 0.475. The number of amides is 1. The molecule has 3 aromatic rings. The number of anilines is 1. The first-order chi connectivity index (χ1) is 25.3. The van der Waals surface area contributed by atoms with Gasteiger partial charge in [0.15, 0.2) is 5.75 Å². The van der Waals surface area contributed by atoms with Gasteiger partial charge in [0.2, 0.25) is 0 Å². The van der Waals surface area contributed by atoms with Gasteiger partial charge in [-0.15, -0.1) is 0 Å². The zero-order valence-corrected chi connectivity index (χ0v) is 32.3. The average Bonchev–Trinajstić information content (AvgIpc) is 3.15. The molecule has 6 rings (SSSR count). The highest BCUT2D eigenvalue weighted by Gasteiger charge is 2.30. The van der Waals surface area contributed by atoms with Gasteiger partial charge < -0.3 is 14.4 Å². The molecule has 0 spiro atoms. The number of allylic oxidation sites excluding steroid dienone is 1. The summed E-state index contributed by atoms with van der Waals surface area (Å²) in [5.41, 5.74) is 5.08. The highest BCUT2D eigenvalue weighted by Crippen LogP contribution is 2.43. The van der Waals surface area contributed by atoms with Gasteiger partial charge in [-0.2, -0.15) is 0 Å². The molecule has 1 amide bonds. The summed E-state index contributed by atoms with van der Waals surface area (Å²) >= 11 is 6.19. The van der Waals surface area contributed by atoms with Crippen LogP contribution in [0.5, 0.6) is 5.75 Å². The number of nitro groups is 1. The highest BCUT2D eigenvalue weighted by atomic mass is 35.5. The van der Waals surface area contributed by atoms with Crippen molar-refractivity contribution in [2.45, 2.75) is 69.8 Å². The number of nitrogens with one attached hydrogen (secondary N) is 1. The lowest BCUT2D eigenvalue weighted by atomic mass is 9.72. The number of nitro benzene ring substituents is 1. The third-order valence-corrected chi connectivity index (χ3v) is 12.5. The van der Waals surface area contributed by atoms with Gasteiger partial charge in [0.1, 0.15) is 0 Å². The second-order valence-electron chi connectivity index (χ2n) is 15.3. The minimum Gasteiger partial charge on any atom is -0.487 e. The van der Waals surface area contributed by atoms with E-state index >= 15 is 0 Å². The van der Waals surface area contributed by atoms with Gasteiger partial charge in [0.25, 0.3) is 15.9 Å². The molecule has 53 heavy (non-hydrogen) atoms. The zero-order valence-electron chi connectivity index (χ0n) is 30.7. The summed E-state index contributed by atoms with van der Waals surface area (Å²) in [5.74, 6) is -0.605. The maximum Gasteiger partial charge on any atom is 0.312 e. The minimum atomic E-state index is -4.40. The SMILES string of the molecule is COC1CCC(COc2ccc(S(=O)(=O)NC(=O)c3ccc(N4CCN(CC5=C(c6ccc(Cl)cc6)CC(C)(C)CC5)CC4)cc3)cc2[N+](=O)[O-])CC1. The molecule has 1 saturated carbocycles. The molecule has 0 unspecified atom stereocenters. The lowest BCUT2D eigenvalue weighted by Crippen LogP contribution is -2.47. The standard InChI is InChI=1S/C40H49ClN4O7S/c1-40(2)19-18-31(36(25-40)29-6-10-32(41)11-7-29)26-43-20-22-44(23-21-43)33-12-8-30(9-13-33)39(46)42-53(49,50)35-16-17-38(37(24-35)45(47)48)52-27-28-4-14-34(51-3)15-5-28/h6-13,16-17,24,28,34H,4-5,14-15,18-23,25-27H2,1-3H3,(H,42,46). The lowest BCUT2D eigenvalue weighted by molar-refractivity contribution is -0.386. The fourth-order valence-electron chi connectivity index (χ4n) is 7.63. The lowest BCUT2D eigenvalue weighted by Gasteiger charge is -2.39. The van der Waals surface area contributed by atoms with Crippen molar-refractivity contribution in [2.75, 3.05) is 51.3 Å². The van der Waals surface area contributed by atoms with Crippen LogP contribution in [0.3, 0.4) is 0 Å². The first-order valence-corrected chi connectivity index (χ1v) is 20.2. The number of methoxy groups -OCH3 is 1. The molecule has 1 heterocycles. The maximum absolute atomic E-state index is 13.2. The Bertz CT molecular complexity index is 1920. The van der Waals surface area contributed by atoms with Gasteiger partial charge in [-0.3, -0.25) is 19.8 Å². The second-order valence-corrected chi connectivity index (χ2v) is 17.4. The summed E-state index contributed by atoms with van der Waals surface area (Å²) in [4.78, 5) is 28.6. The van der Waals surface area contributed by atoms with Crippen molar-refractivity contribution < 1.29 is 27.6 Å². The van der Waals surface area contributed by atoms with Crippen molar-refractivity contribution in [3.8, 4) is 5.75 Å². The zero-order chi connectivity index (χ0) is 37.8. The summed E-state index contributed by atoms with van der Waals surface area (Å²) in [6.07, 6.45) is 7.07. The van der Waals surface area contributed by atoms with Gasteiger partial charge >= 0.3 is 5.69 Å². The molecule has 0 bridgehead atoms. The predicted molar refractivity (Wildman–Crippen MR) is 207 cm³/mol. The third kappa shape index (κ3) is 9.78. The van der Waals surface area contributed by atoms with Gasteiger partial charge in [0.05, 0.1) is 22.5 Å². The number of halogens is 1. The number of ether oxygens (including phenoxy) is 2. The molecule has 284 valence electrons. The number of nitrogens with zero attached hydrogens (tertiary/aromatic N) is 3. The van der Waals surface area contributed by atoms with Crippen molar-refractivity contribution in [2.24, 2.45) is 11.3 Å². The summed E-state index contributed by atoms with van der Waals surface area (Å²) < 4.78 is 39.6. The van der Waals surface area contributed by atoms with Gasteiger partial charge in [0, 0.05) is 62.2 Å². The van der Waals surface area contributed by atoms with Crippen LogP contribution in [0.15, 0.2) is 77.2 Å². The van der Waals surface area contributed by atoms with E-state index in [1.165, 1.54) is 35.3 Å². The van der Waals surface area contributed by atoms with E-state index in [-0.39, 0.29) is 35.4 Å². The molecule has 2 fully saturated rings. The molecule has 1 N–H and O–H groups in total. The van der Waals surface area contributed by atoms with Crippen LogP contribution in [0.25, 0.3) is 5.57 Å². The van der Waals surface area contributed by atoms with Crippen LogP contribution in [0, 0.1) is 21.4 Å². The van der Waals surface area contributed by atoms with Crippen LogP contribution < -0.4 is 14.4 Å². The molecule has 0 aromatic heterocycles. The topological polar surface area (TPSA) is 131 Å². The summed E-state index contributed by atoms with van der Waals surface area (Å²) in [6, 6.07) is 18.4. The van der Waals surface area contributed by atoms with E-state index in [1.807, 2.05) is 24.3 Å². The summed E-state index contributed by atoms with van der Waals surface area (Å²) in [7, 11) is -2.71. The molecule has 0 atom stereocenters. The second kappa shape index (κ2) is 16.6. The Kier molecular flexibility index (Phi) is 12.1. The van der Waals surface area contributed by atoms with Crippen LogP contribution in [0.4, 0.5) is 11.4 Å². The van der Waals surface area contributed by atoms with Crippen molar-refractivity contribution in [1.82, 2.24) is 9.62 Å². The van der Waals surface area contributed by atoms with Crippen LogP contribution in [0.1, 0.15) is 74.7 Å². The molecular formula is C40H49ClN4O7S. The van der Waals surface area contributed by atoms with Gasteiger partial charge in [-0.1, -0.05) is 43.2 Å². The van der Waals surface area contributed by atoms with Crippen LogP contribution in [-0.2, 0) is 14.8 Å². The van der Waals surface area contributed by atoms with E-state index in [2.05, 4.69) is 40.5 Å². The minimum absolute atomic E-state index is 0.0108. The quantitative estimate of drug-likeness (QED) is 0.145. The molecule has 1 aliphatic heterocycles. The molecule has 11 nitrogen and oxygen atoms in total. The number of carbonyl (C=O) groups is 1. The van der Waals surface area contributed by atoms with Crippen molar-refractivity contribution in [3.63, 3.8) is 0 Å². The number of carbonyl (C=O) groups excluding carboxylic acids is 1. The Hall–Kier alpha value is -3.97. The molecule has 2 aliphatic carbocycles. The smallest absolute Gasteiger partial charge is 0.312 e. The first kappa shape index (κ1) is 38.7.